The Balaban J connectivity index is 1.67. The number of thiophene rings is 1. The van der Waals surface area contributed by atoms with Gasteiger partial charge in [0.05, 0.1) is 22.2 Å². The third-order valence-corrected chi connectivity index (χ3v) is 6.48. The number of benzene rings is 2. The Labute approximate surface area is 193 Å². The number of aromatic carboxylic acids is 1. The van der Waals surface area contributed by atoms with E-state index in [-0.39, 0.29) is 5.91 Å². The summed E-state index contributed by atoms with van der Waals surface area (Å²) in [5.74, 6) is -1.07. The van der Waals surface area contributed by atoms with E-state index in [1.54, 1.807) is 18.6 Å². The van der Waals surface area contributed by atoms with E-state index in [9.17, 15) is 14.7 Å². The molecule has 1 amide bonds. The zero-order valence-corrected chi connectivity index (χ0v) is 18.8. The summed E-state index contributed by atoms with van der Waals surface area (Å²) < 4.78 is 4.91. The molecule has 5 rings (SSSR count). The molecule has 2 aromatic carbocycles. The number of carbonyl (C=O) groups excluding carboxylic acids is 1. The monoisotopic (exact) mass is 456 g/mol. The van der Waals surface area contributed by atoms with Gasteiger partial charge in [0.25, 0.3) is 0 Å². The van der Waals surface area contributed by atoms with Crippen LogP contribution in [0.25, 0.3) is 32.8 Å². The van der Waals surface area contributed by atoms with Crippen molar-refractivity contribution in [3.8, 4) is 22.6 Å². The summed E-state index contributed by atoms with van der Waals surface area (Å²) in [5, 5.41) is 12.3. The first-order valence-corrected chi connectivity index (χ1v) is 11.1. The van der Waals surface area contributed by atoms with E-state index >= 15 is 0 Å². The topological polar surface area (TPSA) is 89.2 Å². The number of aryl methyl sites for hydroxylation is 1. The Bertz CT molecular complexity index is 1490. The highest BCUT2D eigenvalue weighted by Gasteiger charge is 2.19. The standard InChI is InChI=1S/C25H20N4O3S/c1-15-11-18(27-16(2)30)5-8-20(15)29-21(12-23-22(29)13-24(33-23)25(31)32)17-3-6-19(7-4-17)28-10-9-26-14-28/h3-14H,1-2H3,(H,27,30)(H,31,32). The van der Waals surface area contributed by atoms with Crippen LogP contribution in [0.4, 0.5) is 5.69 Å². The lowest BCUT2D eigenvalue weighted by atomic mass is 10.1. The molecule has 7 nitrogen and oxygen atoms in total. The number of hydrogen-bond donors (Lipinski definition) is 2. The lowest BCUT2D eigenvalue weighted by Gasteiger charge is -2.15. The molecule has 0 unspecified atom stereocenters. The molecule has 0 spiro atoms. The molecule has 3 heterocycles. The lowest BCUT2D eigenvalue weighted by Crippen LogP contribution is -2.07. The number of amides is 1. The fourth-order valence-corrected chi connectivity index (χ4v) is 4.89. The third kappa shape index (κ3) is 3.81. The second kappa shape index (κ2) is 8.07. The molecule has 0 aliphatic heterocycles. The van der Waals surface area contributed by atoms with Crippen LogP contribution < -0.4 is 5.32 Å². The zero-order chi connectivity index (χ0) is 23.1. The van der Waals surface area contributed by atoms with Gasteiger partial charge in [0.15, 0.2) is 0 Å². The number of carbonyl (C=O) groups is 2. The number of hydrogen-bond acceptors (Lipinski definition) is 4. The first-order valence-electron chi connectivity index (χ1n) is 10.3. The summed E-state index contributed by atoms with van der Waals surface area (Å²) in [6.45, 7) is 3.45. The Kier molecular flexibility index (Phi) is 5.07. The minimum atomic E-state index is -0.938. The van der Waals surface area contributed by atoms with Crippen LogP contribution in [0.3, 0.4) is 0 Å². The number of nitrogens with zero attached hydrogens (tertiary/aromatic N) is 3. The van der Waals surface area contributed by atoms with E-state index < -0.39 is 5.97 Å². The summed E-state index contributed by atoms with van der Waals surface area (Å²) in [7, 11) is 0. The van der Waals surface area contributed by atoms with Crippen LogP contribution >= 0.6 is 11.3 Å². The van der Waals surface area contributed by atoms with Crippen LogP contribution in [0.1, 0.15) is 22.2 Å². The Morgan fingerprint density at radius 1 is 1.06 bits per heavy atom. The van der Waals surface area contributed by atoms with Crippen LogP contribution in [0.5, 0.6) is 0 Å². The molecule has 0 saturated heterocycles. The van der Waals surface area contributed by atoms with E-state index in [1.807, 2.05) is 66.2 Å². The number of imidazole rings is 1. The van der Waals surface area contributed by atoms with E-state index in [2.05, 4.69) is 14.9 Å². The van der Waals surface area contributed by atoms with Gasteiger partial charge in [-0.1, -0.05) is 12.1 Å². The number of nitrogens with one attached hydrogen (secondary N) is 1. The van der Waals surface area contributed by atoms with Crippen molar-refractivity contribution in [1.29, 1.82) is 0 Å². The van der Waals surface area contributed by atoms with E-state index in [1.165, 1.54) is 18.3 Å². The maximum absolute atomic E-state index is 11.6. The van der Waals surface area contributed by atoms with Crippen molar-refractivity contribution in [1.82, 2.24) is 14.1 Å². The molecule has 0 bridgehead atoms. The summed E-state index contributed by atoms with van der Waals surface area (Å²) in [5.41, 5.74) is 6.39. The first-order chi connectivity index (χ1) is 15.9. The van der Waals surface area contributed by atoms with Crippen LogP contribution in [0, 0.1) is 6.92 Å². The molecular formula is C25H20N4O3S. The minimum absolute atomic E-state index is 0.131. The van der Waals surface area contributed by atoms with Gasteiger partial charge in [0.1, 0.15) is 4.88 Å². The van der Waals surface area contributed by atoms with Crippen LogP contribution in [-0.2, 0) is 4.79 Å². The highest BCUT2D eigenvalue weighted by Crippen LogP contribution is 2.37. The largest absolute Gasteiger partial charge is 0.477 e. The predicted octanol–water partition coefficient (Wildman–Crippen LogP) is 5.51. The Morgan fingerprint density at radius 2 is 1.85 bits per heavy atom. The van der Waals surface area contributed by atoms with Crippen LogP contribution in [-0.4, -0.2) is 31.1 Å². The van der Waals surface area contributed by atoms with Gasteiger partial charge >= 0.3 is 5.97 Å². The quantitative estimate of drug-likeness (QED) is 0.365. The molecule has 2 N–H and O–H groups in total. The maximum Gasteiger partial charge on any atom is 0.345 e. The van der Waals surface area contributed by atoms with E-state index in [0.29, 0.717) is 4.88 Å². The van der Waals surface area contributed by atoms with Gasteiger partial charge in [-0.05, 0) is 60.5 Å². The SMILES string of the molecule is CC(=O)Nc1ccc(-n2c(-c3ccc(-n4ccnc4)cc3)cc3sc(C(=O)O)cc32)c(C)c1. The molecule has 8 heteroatoms. The smallest absolute Gasteiger partial charge is 0.345 e. The van der Waals surface area contributed by atoms with Crippen molar-refractivity contribution in [3.63, 3.8) is 0 Å². The molecule has 0 saturated carbocycles. The Hall–Kier alpha value is -4.17. The number of aromatic nitrogens is 3. The fraction of sp³-hybridized carbons (Fsp3) is 0.0800. The second-order valence-corrected chi connectivity index (χ2v) is 8.81. The van der Waals surface area contributed by atoms with Crippen molar-refractivity contribution in [2.24, 2.45) is 0 Å². The lowest BCUT2D eigenvalue weighted by molar-refractivity contribution is -0.114. The van der Waals surface area contributed by atoms with Crippen LogP contribution in [0.2, 0.25) is 0 Å². The first kappa shape index (κ1) is 20.7. The van der Waals surface area contributed by atoms with Crippen LogP contribution in [0.15, 0.2) is 73.3 Å². The number of anilines is 1. The van der Waals surface area contributed by atoms with Crippen molar-refractivity contribution >= 4 is 39.1 Å². The normalized spacial score (nSPS) is 11.1. The average molecular weight is 457 g/mol. The molecule has 5 aromatic rings. The van der Waals surface area contributed by atoms with Crippen molar-refractivity contribution in [3.05, 3.63) is 83.8 Å². The number of carboxylic acids is 1. The summed E-state index contributed by atoms with van der Waals surface area (Å²) >= 11 is 1.26. The van der Waals surface area contributed by atoms with Gasteiger partial charge < -0.3 is 19.6 Å². The molecule has 33 heavy (non-hydrogen) atoms. The molecule has 0 fully saturated rings. The van der Waals surface area contributed by atoms with Gasteiger partial charge in [0, 0.05) is 36.4 Å². The highest BCUT2D eigenvalue weighted by molar-refractivity contribution is 7.20. The molecule has 0 aliphatic carbocycles. The number of carboxylic acid groups (broad SMARTS) is 1. The molecule has 3 aromatic heterocycles. The summed E-state index contributed by atoms with van der Waals surface area (Å²) in [6.07, 6.45) is 5.38. The second-order valence-electron chi connectivity index (χ2n) is 7.73. The van der Waals surface area contributed by atoms with Gasteiger partial charge in [-0.3, -0.25) is 4.79 Å². The molecular weight excluding hydrogens is 436 g/mol. The van der Waals surface area contributed by atoms with Gasteiger partial charge in [-0.15, -0.1) is 11.3 Å². The fourth-order valence-electron chi connectivity index (χ4n) is 3.97. The van der Waals surface area contributed by atoms with Gasteiger partial charge in [0.2, 0.25) is 5.91 Å². The van der Waals surface area contributed by atoms with E-state index in [0.717, 1.165) is 44.1 Å². The average Bonchev–Trinajstić information content (AvgIpc) is 3.50. The number of rotatable bonds is 5. The minimum Gasteiger partial charge on any atom is -0.477 e. The molecule has 164 valence electrons. The van der Waals surface area contributed by atoms with Crippen molar-refractivity contribution < 1.29 is 14.7 Å². The third-order valence-electron chi connectivity index (χ3n) is 5.42. The molecule has 0 radical (unpaired) electrons. The van der Waals surface area contributed by atoms with E-state index in [4.69, 9.17) is 0 Å². The zero-order valence-electron chi connectivity index (χ0n) is 17.9. The van der Waals surface area contributed by atoms with Crippen molar-refractivity contribution in [2.45, 2.75) is 13.8 Å². The molecule has 0 atom stereocenters. The summed E-state index contributed by atoms with van der Waals surface area (Å²) in [6, 6.07) is 17.6. The summed E-state index contributed by atoms with van der Waals surface area (Å²) in [4.78, 5) is 27.4. The van der Waals surface area contributed by atoms with Gasteiger partial charge in [-0.2, -0.15) is 0 Å². The predicted molar refractivity (Wildman–Crippen MR) is 130 cm³/mol. The maximum atomic E-state index is 11.6. The molecule has 0 aliphatic rings. The Morgan fingerprint density at radius 3 is 2.48 bits per heavy atom. The van der Waals surface area contributed by atoms with Gasteiger partial charge in [-0.25, -0.2) is 9.78 Å². The van der Waals surface area contributed by atoms with Crippen molar-refractivity contribution in [2.75, 3.05) is 5.32 Å². The highest BCUT2D eigenvalue weighted by atomic mass is 32.1. The number of fused-ring (bicyclic) bond motifs is 1.